The number of carbonyl (C=O) groups excluding carboxylic acids is 4. The minimum Gasteiger partial charge on any atom is -0.444 e. The maximum Gasteiger partial charge on any atom is 0.410 e. The SMILES string of the molecule is CN(C)C(=O)[C@@H]1CC2(CCN(C(=O)C(Cc3c[nH]c4ccccc34)NC(=O)NC3CCN(C(=O)OC(C)(C)C)CC3)CC2)c2ccccc21. The monoisotopic (exact) mass is 670 g/mol. The van der Waals surface area contributed by atoms with E-state index in [1.165, 1.54) is 5.56 Å². The molecule has 49 heavy (non-hydrogen) atoms. The number of aromatic amines is 1. The van der Waals surface area contributed by atoms with Crippen molar-refractivity contribution in [3.63, 3.8) is 0 Å². The Labute approximate surface area is 288 Å². The predicted octanol–water partition coefficient (Wildman–Crippen LogP) is 4.91. The highest BCUT2D eigenvalue weighted by atomic mass is 16.6. The average Bonchev–Trinajstić information content (AvgIpc) is 3.62. The number of ether oxygens (including phenoxy) is 1. The van der Waals surface area contributed by atoms with Gasteiger partial charge in [0, 0.05) is 75.3 Å². The molecule has 2 atom stereocenters. The number of para-hydroxylation sites is 1. The van der Waals surface area contributed by atoms with Crippen LogP contribution in [0.25, 0.3) is 10.9 Å². The van der Waals surface area contributed by atoms with Crippen LogP contribution >= 0.6 is 0 Å². The summed E-state index contributed by atoms with van der Waals surface area (Å²) in [5.41, 5.74) is 3.55. The van der Waals surface area contributed by atoms with E-state index in [4.69, 9.17) is 4.74 Å². The number of nitrogens with one attached hydrogen (secondary N) is 3. The van der Waals surface area contributed by atoms with Gasteiger partial charge in [0.05, 0.1) is 5.92 Å². The zero-order valence-corrected chi connectivity index (χ0v) is 29.4. The van der Waals surface area contributed by atoms with Crippen LogP contribution in [0.4, 0.5) is 9.59 Å². The van der Waals surface area contributed by atoms with Gasteiger partial charge in [-0.15, -0.1) is 0 Å². The molecule has 3 aromatic rings. The van der Waals surface area contributed by atoms with Gasteiger partial charge in [-0.2, -0.15) is 0 Å². The Bertz CT molecular complexity index is 1690. The molecule has 0 bridgehead atoms. The molecule has 3 N–H and O–H groups in total. The second kappa shape index (κ2) is 13.8. The number of carbonyl (C=O) groups is 4. The third-order valence-corrected chi connectivity index (χ3v) is 10.5. The third-order valence-electron chi connectivity index (χ3n) is 10.5. The van der Waals surface area contributed by atoms with Gasteiger partial charge in [-0.25, -0.2) is 9.59 Å². The molecule has 3 heterocycles. The topological polar surface area (TPSA) is 127 Å². The Morgan fingerprint density at radius 2 is 1.63 bits per heavy atom. The number of likely N-dealkylation sites (tertiary alicyclic amines) is 2. The van der Waals surface area contributed by atoms with E-state index in [1.54, 1.807) is 23.9 Å². The number of hydrogen-bond donors (Lipinski definition) is 3. The molecule has 11 heteroatoms. The summed E-state index contributed by atoms with van der Waals surface area (Å²) in [4.78, 5) is 62.0. The zero-order valence-electron chi connectivity index (χ0n) is 29.4. The number of fused-ring (bicyclic) bond motifs is 3. The van der Waals surface area contributed by atoms with Crippen molar-refractivity contribution < 1.29 is 23.9 Å². The van der Waals surface area contributed by atoms with Crippen molar-refractivity contribution in [3.8, 4) is 0 Å². The lowest BCUT2D eigenvalue weighted by Gasteiger charge is -2.41. The van der Waals surface area contributed by atoms with Crippen LogP contribution in [0.1, 0.15) is 75.5 Å². The highest BCUT2D eigenvalue weighted by molar-refractivity contribution is 5.90. The fraction of sp³-hybridized carbons (Fsp3) is 0.526. The summed E-state index contributed by atoms with van der Waals surface area (Å²) in [6, 6.07) is 14.9. The first-order chi connectivity index (χ1) is 23.3. The van der Waals surface area contributed by atoms with Crippen LogP contribution in [0.2, 0.25) is 0 Å². The van der Waals surface area contributed by atoms with Crippen LogP contribution < -0.4 is 10.6 Å². The lowest BCUT2D eigenvalue weighted by molar-refractivity contribution is -0.135. The minimum absolute atomic E-state index is 0.109. The third kappa shape index (κ3) is 7.40. The van der Waals surface area contributed by atoms with Crippen molar-refractivity contribution in [2.24, 2.45) is 0 Å². The number of benzene rings is 2. The van der Waals surface area contributed by atoms with Gasteiger partial charge in [0.15, 0.2) is 0 Å². The molecule has 0 saturated carbocycles. The van der Waals surface area contributed by atoms with Gasteiger partial charge >= 0.3 is 12.1 Å². The van der Waals surface area contributed by atoms with E-state index in [0.29, 0.717) is 45.4 Å². The Kier molecular flexibility index (Phi) is 9.64. The van der Waals surface area contributed by atoms with Gasteiger partial charge < -0.3 is 35.1 Å². The quantitative estimate of drug-likeness (QED) is 0.344. The van der Waals surface area contributed by atoms with Crippen LogP contribution in [-0.2, 0) is 26.2 Å². The van der Waals surface area contributed by atoms with Gasteiger partial charge in [-0.1, -0.05) is 42.5 Å². The summed E-state index contributed by atoms with van der Waals surface area (Å²) in [5.74, 6) is -0.168. The number of H-pyrrole nitrogens is 1. The van der Waals surface area contributed by atoms with Crippen molar-refractivity contribution in [2.45, 2.75) is 88.3 Å². The number of rotatable bonds is 6. The standard InChI is InChI=1S/C38H50N6O5/c1-37(2,3)49-36(48)44-18-14-26(15-19-44)40-35(47)41-32(22-25-24-39-31-13-9-7-10-27(25)31)34(46)43-20-16-38(17-21-43)23-29(33(45)42(4)5)28-11-6-8-12-30(28)38/h6-13,24,26,29,32,39H,14-23H2,1-5H3,(H2,40,41,47)/t29-,32?/m1/s1. The zero-order chi connectivity index (χ0) is 34.9. The summed E-state index contributed by atoms with van der Waals surface area (Å²) in [7, 11) is 3.61. The lowest BCUT2D eigenvalue weighted by atomic mass is 9.73. The van der Waals surface area contributed by atoms with Gasteiger partial charge in [0.2, 0.25) is 11.8 Å². The normalized spacial score (nSPS) is 19.7. The molecule has 1 aliphatic carbocycles. The van der Waals surface area contributed by atoms with E-state index in [2.05, 4.69) is 27.8 Å². The Hall–Kier alpha value is -4.54. The Morgan fingerprint density at radius 3 is 2.33 bits per heavy atom. The molecular formula is C38H50N6O5. The molecule has 2 aromatic carbocycles. The molecule has 262 valence electrons. The largest absolute Gasteiger partial charge is 0.444 e. The molecule has 2 saturated heterocycles. The molecule has 2 aliphatic heterocycles. The maximum atomic E-state index is 14.3. The Morgan fingerprint density at radius 1 is 0.959 bits per heavy atom. The molecule has 0 radical (unpaired) electrons. The fourth-order valence-corrected chi connectivity index (χ4v) is 7.91. The number of aromatic nitrogens is 1. The first kappa shape index (κ1) is 34.3. The maximum absolute atomic E-state index is 14.3. The van der Waals surface area contributed by atoms with E-state index < -0.39 is 17.7 Å². The number of piperidine rings is 2. The summed E-state index contributed by atoms with van der Waals surface area (Å²) in [6.45, 7) is 7.60. The van der Waals surface area contributed by atoms with Gasteiger partial charge in [-0.3, -0.25) is 9.59 Å². The second-order valence-electron chi connectivity index (χ2n) is 15.2. The molecule has 11 nitrogen and oxygen atoms in total. The highest BCUT2D eigenvalue weighted by Gasteiger charge is 2.48. The summed E-state index contributed by atoms with van der Waals surface area (Å²) < 4.78 is 5.51. The molecule has 2 fully saturated rings. The number of urea groups is 1. The Balaban J connectivity index is 1.13. The fourth-order valence-electron chi connectivity index (χ4n) is 7.91. The van der Waals surface area contributed by atoms with Crippen LogP contribution in [0, 0.1) is 0 Å². The number of likely N-dealkylation sites (N-methyl/N-ethyl adjacent to an activating group) is 1. The van der Waals surface area contributed by atoms with Crippen molar-refractivity contribution >= 4 is 34.8 Å². The summed E-state index contributed by atoms with van der Waals surface area (Å²) in [6.07, 6.45) is 5.38. The highest BCUT2D eigenvalue weighted by Crippen LogP contribution is 2.52. The predicted molar refractivity (Wildman–Crippen MR) is 188 cm³/mol. The molecule has 3 aliphatic rings. The van der Waals surface area contributed by atoms with E-state index >= 15 is 0 Å². The van der Waals surface area contributed by atoms with Crippen LogP contribution in [-0.4, -0.2) is 102 Å². The van der Waals surface area contributed by atoms with Crippen LogP contribution in [0.15, 0.2) is 54.7 Å². The van der Waals surface area contributed by atoms with E-state index in [-0.39, 0.29) is 35.3 Å². The molecule has 1 spiro atoms. The molecular weight excluding hydrogens is 620 g/mol. The molecule has 1 unspecified atom stereocenters. The van der Waals surface area contributed by atoms with Gasteiger partial charge in [0.25, 0.3) is 0 Å². The van der Waals surface area contributed by atoms with E-state index in [9.17, 15) is 19.2 Å². The van der Waals surface area contributed by atoms with E-state index in [0.717, 1.165) is 41.3 Å². The lowest BCUT2D eigenvalue weighted by Crippen LogP contribution is -2.56. The summed E-state index contributed by atoms with van der Waals surface area (Å²) in [5, 5.41) is 7.12. The molecule has 5 amide bonds. The summed E-state index contributed by atoms with van der Waals surface area (Å²) >= 11 is 0. The van der Waals surface area contributed by atoms with E-state index in [1.807, 2.05) is 68.3 Å². The minimum atomic E-state index is -0.769. The van der Waals surface area contributed by atoms with Gasteiger partial charge in [-0.05, 0) is 75.6 Å². The van der Waals surface area contributed by atoms with Crippen LogP contribution in [0.5, 0.6) is 0 Å². The van der Waals surface area contributed by atoms with Gasteiger partial charge in [0.1, 0.15) is 11.6 Å². The smallest absolute Gasteiger partial charge is 0.410 e. The average molecular weight is 671 g/mol. The van der Waals surface area contributed by atoms with Crippen molar-refractivity contribution in [3.05, 3.63) is 71.4 Å². The van der Waals surface area contributed by atoms with Crippen molar-refractivity contribution in [1.29, 1.82) is 0 Å². The van der Waals surface area contributed by atoms with Crippen LogP contribution in [0.3, 0.4) is 0 Å². The number of nitrogens with zero attached hydrogens (tertiary/aromatic N) is 3. The first-order valence-electron chi connectivity index (χ1n) is 17.5. The number of hydrogen-bond acceptors (Lipinski definition) is 5. The molecule has 1 aromatic heterocycles. The van der Waals surface area contributed by atoms with Crippen molar-refractivity contribution in [1.82, 2.24) is 30.3 Å². The first-order valence-corrected chi connectivity index (χ1v) is 17.5. The number of amides is 5. The molecule has 6 rings (SSSR count). The second-order valence-corrected chi connectivity index (χ2v) is 15.2. The van der Waals surface area contributed by atoms with Crippen molar-refractivity contribution in [2.75, 3.05) is 40.3 Å².